The summed E-state index contributed by atoms with van der Waals surface area (Å²) in [6.45, 7) is 12.3. The Morgan fingerprint density at radius 3 is 2.59 bits per heavy atom. The van der Waals surface area contributed by atoms with Crippen LogP contribution in [0.3, 0.4) is 0 Å². The van der Waals surface area contributed by atoms with E-state index >= 15 is 0 Å². The number of rotatable bonds is 11. The lowest BCUT2D eigenvalue weighted by atomic mass is 9.44. The molecule has 0 amide bonds. The third-order valence-corrected chi connectivity index (χ3v) is 12.5. The van der Waals surface area contributed by atoms with E-state index < -0.39 is 0 Å². The second-order valence-corrected chi connectivity index (χ2v) is 14.1. The summed E-state index contributed by atoms with van der Waals surface area (Å²) in [6.07, 6.45) is 18.3. The maximum atomic E-state index is 6.76. The Balaban J connectivity index is 1.05. The van der Waals surface area contributed by atoms with Crippen LogP contribution in [0, 0.1) is 34.5 Å². The Kier molecular flexibility index (Phi) is 8.50. The number of nitrogens with two attached hydrogens (primary N) is 1. The van der Waals surface area contributed by atoms with Crippen molar-refractivity contribution in [1.82, 2.24) is 4.90 Å². The topological polar surface area (TPSA) is 70.1 Å². The standard InChI is InChI=1S/C33H54N2O4/c1-31-11-7-27(38-22-21-36-20-17-35-15-3-4-16-35)23-25(31)5-6-28-29(31)8-12-32(2)30(28)9-13-33(32,39-19-14-34)26-10-18-37-24-26/h10,18,24-25,27-30H,3-9,11-17,19-23,34H2,1-2H3/t25?,27?,28-,29+,30+,31+,32+,33-/m1/s1. The van der Waals surface area contributed by atoms with E-state index in [1.807, 2.05) is 12.5 Å². The lowest BCUT2D eigenvalue weighted by Crippen LogP contribution is -2.56. The monoisotopic (exact) mass is 542 g/mol. The Morgan fingerprint density at radius 1 is 0.949 bits per heavy atom. The number of likely N-dealkylation sites (tertiary alicyclic amines) is 1. The number of hydrogen-bond acceptors (Lipinski definition) is 6. The smallest absolute Gasteiger partial charge is 0.102 e. The molecule has 6 rings (SSSR count). The summed E-state index contributed by atoms with van der Waals surface area (Å²) >= 11 is 0. The van der Waals surface area contributed by atoms with Crippen molar-refractivity contribution in [2.75, 3.05) is 52.6 Å². The molecule has 4 saturated carbocycles. The van der Waals surface area contributed by atoms with Gasteiger partial charge in [0.25, 0.3) is 0 Å². The lowest BCUT2D eigenvalue weighted by Gasteiger charge is -2.62. The molecule has 1 aromatic rings. The van der Waals surface area contributed by atoms with E-state index in [4.69, 9.17) is 24.4 Å². The summed E-state index contributed by atoms with van der Waals surface area (Å²) in [5.41, 5.74) is 7.52. The first kappa shape index (κ1) is 28.2. The van der Waals surface area contributed by atoms with E-state index in [1.165, 1.54) is 82.9 Å². The average molecular weight is 543 g/mol. The quantitative estimate of drug-likeness (QED) is 0.346. The minimum atomic E-state index is -0.255. The molecule has 0 radical (unpaired) electrons. The first-order valence-corrected chi connectivity index (χ1v) is 16.3. The maximum Gasteiger partial charge on any atom is 0.102 e. The summed E-state index contributed by atoms with van der Waals surface area (Å²) < 4.78 is 24.7. The van der Waals surface area contributed by atoms with Gasteiger partial charge in [-0.1, -0.05) is 13.8 Å². The molecule has 6 heteroatoms. The fraction of sp³-hybridized carbons (Fsp3) is 0.879. The summed E-state index contributed by atoms with van der Waals surface area (Å²) in [5, 5.41) is 0. The highest BCUT2D eigenvalue weighted by Crippen LogP contribution is 2.71. The fourth-order valence-corrected chi connectivity index (χ4v) is 10.5. The van der Waals surface area contributed by atoms with Gasteiger partial charge in [0.2, 0.25) is 0 Å². The molecule has 5 fully saturated rings. The van der Waals surface area contributed by atoms with E-state index in [9.17, 15) is 0 Å². The van der Waals surface area contributed by atoms with Gasteiger partial charge >= 0.3 is 0 Å². The van der Waals surface area contributed by atoms with Gasteiger partial charge in [0.1, 0.15) is 5.60 Å². The molecule has 1 saturated heterocycles. The fourth-order valence-electron chi connectivity index (χ4n) is 10.5. The third-order valence-electron chi connectivity index (χ3n) is 12.5. The zero-order chi connectivity index (χ0) is 26.9. The van der Waals surface area contributed by atoms with Crippen molar-refractivity contribution in [3.63, 3.8) is 0 Å². The van der Waals surface area contributed by atoms with E-state index in [0.29, 0.717) is 30.6 Å². The second kappa shape index (κ2) is 11.8. The van der Waals surface area contributed by atoms with Crippen LogP contribution in [0.1, 0.15) is 90.0 Å². The summed E-state index contributed by atoms with van der Waals surface area (Å²) in [5.74, 6) is 3.15. The lowest BCUT2D eigenvalue weighted by molar-refractivity contribution is -0.183. The third kappa shape index (κ3) is 5.05. The molecule has 5 aliphatic rings. The van der Waals surface area contributed by atoms with E-state index in [0.717, 1.165) is 50.5 Å². The molecule has 8 atom stereocenters. The van der Waals surface area contributed by atoms with Gasteiger partial charge in [-0.3, -0.25) is 0 Å². The van der Waals surface area contributed by atoms with Gasteiger partial charge in [0, 0.05) is 24.1 Å². The molecule has 220 valence electrons. The highest BCUT2D eigenvalue weighted by molar-refractivity contribution is 5.27. The molecule has 0 bridgehead atoms. The Morgan fingerprint density at radius 2 is 1.79 bits per heavy atom. The average Bonchev–Trinajstić information content (AvgIpc) is 3.71. The molecule has 6 nitrogen and oxygen atoms in total. The van der Waals surface area contributed by atoms with E-state index in [1.54, 1.807) is 0 Å². The van der Waals surface area contributed by atoms with Gasteiger partial charge in [-0.2, -0.15) is 0 Å². The predicted molar refractivity (Wildman–Crippen MR) is 153 cm³/mol. The van der Waals surface area contributed by atoms with Crippen LogP contribution in [0.2, 0.25) is 0 Å². The van der Waals surface area contributed by atoms with Crippen molar-refractivity contribution in [2.24, 2.45) is 40.2 Å². The molecular formula is C33H54N2O4. The zero-order valence-electron chi connectivity index (χ0n) is 24.7. The second-order valence-electron chi connectivity index (χ2n) is 14.1. The van der Waals surface area contributed by atoms with Crippen LogP contribution in [0.15, 0.2) is 23.0 Å². The van der Waals surface area contributed by atoms with Crippen molar-refractivity contribution >= 4 is 0 Å². The van der Waals surface area contributed by atoms with Gasteiger partial charge in [0.05, 0.1) is 45.1 Å². The number of nitrogens with zero attached hydrogens (tertiary/aromatic N) is 1. The van der Waals surface area contributed by atoms with Gasteiger partial charge < -0.3 is 29.3 Å². The molecule has 2 heterocycles. The van der Waals surface area contributed by atoms with Gasteiger partial charge in [0.15, 0.2) is 0 Å². The number of fused-ring (bicyclic) bond motifs is 5. The first-order chi connectivity index (χ1) is 19.0. The van der Waals surface area contributed by atoms with Crippen LogP contribution >= 0.6 is 0 Å². The van der Waals surface area contributed by atoms with Crippen LogP contribution < -0.4 is 5.73 Å². The molecule has 1 aromatic heterocycles. The van der Waals surface area contributed by atoms with Crippen molar-refractivity contribution in [3.8, 4) is 0 Å². The van der Waals surface area contributed by atoms with Crippen LogP contribution in [-0.2, 0) is 19.8 Å². The van der Waals surface area contributed by atoms with Crippen molar-refractivity contribution in [1.29, 1.82) is 0 Å². The molecule has 1 aliphatic heterocycles. The van der Waals surface area contributed by atoms with Crippen molar-refractivity contribution < 1.29 is 18.6 Å². The first-order valence-electron chi connectivity index (χ1n) is 16.3. The SMILES string of the molecule is C[C@]12CCC(OCCOCCN3CCCC3)CC1CC[C@@H]1[C@@H]2CC[C@@]2(C)[C@H]1CC[C@@]2(OCCN)c1ccoc1. The zero-order valence-corrected chi connectivity index (χ0v) is 24.7. The minimum Gasteiger partial charge on any atom is -0.472 e. The van der Waals surface area contributed by atoms with E-state index in [-0.39, 0.29) is 11.0 Å². The van der Waals surface area contributed by atoms with Crippen LogP contribution in [0.5, 0.6) is 0 Å². The normalized spacial score (nSPS) is 42.3. The van der Waals surface area contributed by atoms with Gasteiger partial charge in [-0.05, 0) is 119 Å². The Bertz CT molecular complexity index is 919. The molecule has 2 N–H and O–H groups in total. The maximum absolute atomic E-state index is 6.76. The highest BCUT2D eigenvalue weighted by atomic mass is 16.5. The molecule has 0 spiro atoms. The number of hydrogen-bond donors (Lipinski definition) is 1. The van der Waals surface area contributed by atoms with E-state index in [2.05, 4.69) is 24.8 Å². The predicted octanol–water partition coefficient (Wildman–Crippen LogP) is 5.99. The molecule has 0 aromatic carbocycles. The Hall–Kier alpha value is -0.920. The molecule has 2 unspecified atom stereocenters. The largest absolute Gasteiger partial charge is 0.472 e. The summed E-state index contributed by atoms with van der Waals surface area (Å²) in [7, 11) is 0. The molecule has 39 heavy (non-hydrogen) atoms. The van der Waals surface area contributed by atoms with Crippen LogP contribution in [0.25, 0.3) is 0 Å². The van der Waals surface area contributed by atoms with Gasteiger partial charge in [-0.25, -0.2) is 0 Å². The number of furan rings is 1. The number of ether oxygens (including phenoxy) is 3. The Labute approximate surface area is 236 Å². The highest BCUT2D eigenvalue weighted by Gasteiger charge is 2.66. The van der Waals surface area contributed by atoms with Crippen molar-refractivity contribution in [3.05, 3.63) is 24.2 Å². The van der Waals surface area contributed by atoms with Crippen LogP contribution in [0.4, 0.5) is 0 Å². The summed E-state index contributed by atoms with van der Waals surface area (Å²) in [4.78, 5) is 2.52. The minimum absolute atomic E-state index is 0.144. The molecule has 4 aliphatic carbocycles. The van der Waals surface area contributed by atoms with Crippen LogP contribution in [-0.4, -0.2) is 63.6 Å². The summed E-state index contributed by atoms with van der Waals surface area (Å²) in [6, 6.07) is 2.15. The molecular weight excluding hydrogens is 488 g/mol. The van der Waals surface area contributed by atoms with Crippen molar-refractivity contribution in [2.45, 2.75) is 96.2 Å². The van der Waals surface area contributed by atoms with Gasteiger partial charge in [-0.15, -0.1) is 0 Å².